The quantitative estimate of drug-likeness (QED) is 0.925. The van der Waals surface area contributed by atoms with Crippen LogP contribution in [0.5, 0.6) is 17.2 Å². The number of aliphatic hydroxyl groups excluding tert-OH is 1. The van der Waals surface area contributed by atoms with Crippen LogP contribution in [0.25, 0.3) is 0 Å². The molecule has 1 N–H and O–H groups in total. The molecule has 0 spiro atoms. The maximum atomic E-state index is 10.6. The summed E-state index contributed by atoms with van der Waals surface area (Å²) in [4.78, 5) is 0. The van der Waals surface area contributed by atoms with E-state index in [1.807, 2.05) is 27.7 Å². The van der Waals surface area contributed by atoms with E-state index in [1.54, 1.807) is 20.3 Å². The van der Waals surface area contributed by atoms with Gasteiger partial charge in [0.05, 0.1) is 32.5 Å². The molecule has 1 aliphatic heterocycles. The average molecular weight is 296 g/mol. The molecule has 0 aromatic heterocycles. The molecule has 0 saturated heterocycles. The Bertz CT molecular complexity index is 512. The van der Waals surface area contributed by atoms with Crippen molar-refractivity contribution in [1.29, 1.82) is 0 Å². The molecule has 0 aliphatic carbocycles. The molecule has 3 atom stereocenters. The van der Waals surface area contributed by atoms with E-state index in [0.29, 0.717) is 22.8 Å². The number of rotatable bonds is 4. The number of hydrogen-bond acceptors (Lipinski definition) is 5. The first-order chi connectivity index (χ1) is 9.90. The predicted molar refractivity (Wildman–Crippen MR) is 79.2 cm³/mol. The Hall–Kier alpha value is -1.46. The highest BCUT2D eigenvalue weighted by molar-refractivity contribution is 5.60. The van der Waals surface area contributed by atoms with Crippen molar-refractivity contribution in [1.82, 2.24) is 0 Å². The fraction of sp³-hybridized carbons (Fsp3) is 0.625. The summed E-state index contributed by atoms with van der Waals surface area (Å²) in [6.07, 6.45) is -1.32. The van der Waals surface area contributed by atoms with E-state index in [2.05, 4.69) is 0 Å². The Labute approximate surface area is 125 Å². The molecule has 0 bridgehead atoms. The molecular formula is C16H24O5. The van der Waals surface area contributed by atoms with Crippen LogP contribution >= 0.6 is 0 Å². The topological polar surface area (TPSA) is 57.2 Å². The number of aliphatic hydroxyl groups is 1. The fourth-order valence-corrected chi connectivity index (χ4v) is 2.74. The van der Waals surface area contributed by atoms with Crippen molar-refractivity contribution >= 4 is 0 Å². The number of hydrogen-bond donors (Lipinski definition) is 1. The molecule has 0 amide bonds. The molecule has 118 valence electrons. The second-order valence-electron chi connectivity index (χ2n) is 5.53. The summed E-state index contributed by atoms with van der Waals surface area (Å²) in [5, 5.41) is 10.6. The summed E-state index contributed by atoms with van der Waals surface area (Å²) in [6, 6.07) is 1.78. The van der Waals surface area contributed by atoms with Crippen molar-refractivity contribution in [2.75, 3.05) is 14.2 Å². The third-order valence-corrected chi connectivity index (χ3v) is 3.65. The molecule has 2 rings (SSSR count). The van der Waals surface area contributed by atoms with E-state index in [0.717, 1.165) is 5.56 Å². The summed E-state index contributed by atoms with van der Waals surface area (Å²) in [7, 11) is 3.17. The van der Waals surface area contributed by atoms with Gasteiger partial charge in [0.1, 0.15) is 11.9 Å². The van der Waals surface area contributed by atoms with E-state index in [4.69, 9.17) is 18.9 Å². The molecule has 5 heteroatoms. The van der Waals surface area contributed by atoms with Gasteiger partial charge in [-0.05, 0) is 27.7 Å². The largest absolute Gasteiger partial charge is 0.496 e. The first-order valence-corrected chi connectivity index (χ1v) is 7.19. The van der Waals surface area contributed by atoms with Crippen molar-refractivity contribution < 1.29 is 24.1 Å². The third kappa shape index (κ3) is 2.80. The van der Waals surface area contributed by atoms with Gasteiger partial charge in [-0.3, -0.25) is 0 Å². The summed E-state index contributed by atoms with van der Waals surface area (Å²) in [6.45, 7) is 7.66. The Morgan fingerprint density at radius 3 is 2.24 bits per heavy atom. The molecule has 21 heavy (non-hydrogen) atoms. The standard InChI is InChI=1S/C16H24O5/c1-8(2)20-16-12(19-6)7-11(18-5)13-9(3)21-10(4)15(17)14(13)16/h7-10,15,17H,1-6H3/t9-,10-,15+/m1/s1. The van der Waals surface area contributed by atoms with E-state index >= 15 is 0 Å². The van der Waals surface area contributed by atoms with Gasteiger partial charge in [-0.25, -0.2) is 0 Å². The van der Waals surface area contributed by atoms with Gasteiger partial charge in [-0.15, -0.1) is 0 Å². The van der Waals surface area contributed by atoms with E-state index in [-0.39, 0.29) is 18.3 Å². The summed E-state index contributed by atoms with van der Waals surface area (Å²) >= 11 is 0. The van der Waals surface area contributed by atoms with Crippen molar-refractivity contribution in [3.05, 3.63) is 17.2 Å². The molecule has 1 heterocycles. The second kappa shape index (κ2) is 6.12. The van der Waals surface area contributed by atoms with Crippen LogP contribution < -0.4 is 14.2 Å². The Morgan fingerprint density at radius 2 is 1.71 bits per heavy atom. The lowest BCUT2D eigenvalue weighted by molar-refractivity contribution is -0.0830. The lowest BCUT2D eigenvalue weighted by Gasteiger charge is -2.35. The van der Waals surface area contributed by atoms with Gasteiger partial charge < -0.3 is 24.1 Å². The van der Waals surface area contributed by atoms with Crippen molar-refractivity contribution in [2.45, 2.75) is 52.1 Å². The van der Waals surface area contributed by atoms with Gasteiger partial charge in [-0.1, -0.05) is 0 Å². The number of benzene rings is 1. The Balaban J connectivity index is 2.72. The second-order valence-corrected chi connectivity index (χ2v) is 5.53. The minimum Gasteiger partial charge on any atom is -0.496 e. The van der Waals surface area contributed by atoms with Crippen LogP contribution in [-0.4, -0.2) is 31.5 Å². The summed E-state index contributed by atoms with van der Waals surface area (Å²) in [5.41, 5.74) is 1.52. The molecule has 1 aromatic rings. The van der Waals surface area contributed by atoms with E-state index < -0.39 is 6.10 Å². The normalized spacial score (nSPS) is 24.7. The highest BCUT2D eigenvalue weighted by Crippen LogP contribution is 2.50. The first kappa shape index (κ1) is 15.9. The van der Waals surface area contributed by atoms with Crippen LogP contribution in [0.4, 0.5) is 0 Å². The van der Waals surface area contributed by atoms with Gasteiger partial charge in [0.25, 0.3) is 0 Å². The SMILES string of the molecule is COc1cc(OC)c2c(c1OC(C)C)[C@@H](O)[C@@H](C)O[C@@H]2C. The highest BCUT2D eigenvalue weighted by Gasteiger charge is 2.37. The van der Waals surface area contributed by atoms with Crippen LogP contribution in [0.1, 0.15) is 51.0 Å². The highest BCUT2D eigenvalue weighted by atomic mass is 16.5. The molecule has 5 nitrogen and oxygen atoms in total. The Kier molecular flexibility index (Phi) is 4.64. The molecule has 1 aliphatic rings. The van der Waals surface area contributed by atoms with Crippen LogP contribution in [0.2, 0.25) is 0 Å². The molecule has 0 fully saturated rings. The molecular weight excluding hydrogens is 272 g/mol. The number of fused-ring (bicyclic) bond motifs is 1. The zero-order valence-corrected chi connectivity index (χ0v) is 13.5. The predicted octanol–water partition coefficient (Wildman–Crippen LogP) is 3.00. The monoisotopic (exact) mass is 296 g/mol. The van der Waals surface area contributed by atoms with E-state index in [1.165, 1.54) is 0 Å². The van der Waals surface area contributed by atoms with E-state index in [9.17, 15) is 5.11 Å². The van der Waals surface area contributed by atoms with Crippen molar-refractivity contribution in [3.8, 4) is 17.2 Å². The van der Waals surface area contributed by atoms with Gasteiger partial charge >= 0.3 is 0 Å². The smallest absolute Gasteiger partial charge is 0.168 e. The van der Waals surface area contributed by atoms with Gasteiger partial charge in [0.15, 0.2) is 11.5 Å². The molecule has 0 unspecified atom stereocenters. The minimum absolute atomic E-state index is 0.0305. The molecule has 0 saturated carbocycles. The summed E-state index contributed by atoms with van der Waals surface area (Å²) in [5.74, 6) is 1.76. The average Bonchev–Trinajstić information content (AvgIpc) is 2.43. The molecule has 0 radical (unpaired) electrons. The lowest BCUT2D eigenvalue weighted by Crippen LogP contribution is -2.29. The maximum absolute atomic E-state index is 10.6. The zero-order chi connectivity index (χ0) is 15.7. The third-order valence-electron chi connectivity index (χ3n) is 3.65. The van der Waals surface area contributed by atoms with Gasteiger partial charge in [0, 0.05) is 17.2 Å². The number of ether oxygens (including phenoxy) is 4. The zero-order valence-electron chi connectivity index (χ0n) is 13.5. The van der Waals surface area contributed by atoms with Crippen molar-refractivity contribution in [3.63, 3.8) is 0 Å². The van der Waals surface area contributed by atoms with Gasteiger partial charge in [-0.2, -0.15) is 0 Å². The Morgan fingerprint density at radius 1 is 1.10 bits per heavy atom. The van der Waals surface area contributed by atoms with Crippen LogP contribution in [-0.2, 0) is 4.74 Å². The fourth-order valence-electron chi connectivity index (χ4n) is 2.74. The van der Waals surface area contributed by atoms with Crippen LogP contribution in [0.15, 0.2) is 6.07 Å². The minimum atomic E-state index is -0.783. The van der Waals surface area contributed by atoms with Crippen LogP contribution in [0, 0.1) is 0 Å². The summed E-state index contributed by atoms with van der Waals surface area (Å²) < 4.78 is 22.5. The number of methoxy groups -OCH3 is 2. The molecule has 1 aromatic carbocycles. The van der Waals surface area contributed by atoms with Gasteiger partial charge in [0.2, 0.25) is 0 Å². The van der Waals surface area contributed by atoms with Crippen LogP contribution in [0.3, 0.4) is 0 Å². The van der Waals surface area contributed by atoms with Crippen molar-refractivity contribution in [2.24, 2.45) is 0 Å². The lowest BCUT2D eigenvalue weighted by atomic mass is 9.90. The first-order valence-electron chi connectivity index (χ1n) is 7.19. The maximum Gasteiger partial charge on any atom is 0.168 e.